The van der Waals surface area contributed by atoms with Gasteiger partial charge in [0.1, 0.15) is 5.41 Å². The molecule has 6 heteroatoms. The van der Waals surface area contributed by atoms with Crippen LogP contribution < -0.4 is 0 Å². The van der Waals surface area contributed by atoms with Gasteiger partial charge in [0, 0.05) is 7.05 Å². The lowest BCUT2D eigenvalue weighted by Gasteiger charge is -2.11. The molecule has 2 atom stereocenters. The predicted molar refractivity (Wildman–Crippen MR) is 65.8 cm³/mol. The Morgan fingerprint density at radius 3 is 2.74 bits per heavy atom. The molecular weight excluding hydrogens is 248 g/mol. The summed E-state index contributed by atoms with van der Waals surface area (Å²) in [5.41, 5.74) is 0.782. The second-order valence-electron chi connectivity index (χ2n) is 4.93. The number of benzene rings is 1. The van der Waals surface area contributed by atoms with E-state index in [4.69, 9.17) is 5.11 Å². The Bertz CT molecular complexity index is 706. The van der Waals surface area contributed by atoms with E-state index < -0.39 is 23.3 Å². The van der Waals surface area contributed by atoms with E-state index in [1.54, 1.807) is 24.5 Å². The molecule has 1 aromatic carbocycles. The first kappa shape index (κ1) is 11.7. The monoisotopic (exact) mass is 260 g/mol. The van der Waals surface area contributed by atoms with Crippen molar-refractivity contribution in [1.82, 2.24) is 9.55 Å². The molecule has 0 aliphatic heterocycles. The molecule has 0 spiro atoms. The van der Waals surface area contributed by atoms with Crippen molar-refractivity contribution in [3.63, 3.8) is 0 Å². The molecule has 6 nitrogen and oxygen atoms in total. The van der Waals surface area contributed by atoms with Gasteiger partial charge in [-0.3, -0.25) is 9.59 Å². The zero-order chi connectivity index (χ0) is 13.8. The van der Waals surface area contributed by atoms with Gasteiger partial charge in [0.05, 0.1) is 23.3 Å². The number of carbonyl (C=O) groups is 2. The zero-order valence-electron chi connectivity index (χ0n) is 10.2. The lowest BCUT2D eigenvalue weighted by molar-refractivity contribution is -0.145. The summed E-state index contributed by atoms with van der Waals surface area (Å²) in [5.74, 6) is -3.01. The van der Waals surface area contributed by atoms with Gasteiger partial charge in [-0.15, -0.1) is 0 Å². The molecule has 19 heavy (non-hydrogen) atoms. The van der Waals surface area contributed by atoms with Crippen LogP contribution in [0, 0.1) is 5.92 Å². The van der Waals surface area contributed by atoms with E-state index in [1.807, 2.05) is 11.6 Å². The second kappa shape index (κ2) is 3.57. The van der Waals surface area contributed by atoms with E-state index in [0.29, 0.717) is 11.1 Å². The van der Waals surface area contributed by atoms with Crippen LogP contribution in [0.25, 0.3) is 11.0 Å². The summed E-state index contributed by atoms with van der Waals surface area (Å²) in [4.78, 5) is 26.7. The fourth-order valence-corrected chi connectivity index (χ4v) is 2.65. The molecule has 2 unspecified atom stereocenters. The minimum atomic E-state index is -1.29. The molecule has 1 heterocycles. The zero-order valence-corrected chi connectivity index (χ0v) is 10.2. The first-order valence-electron chi connectivity index (χ1n) is 5.84. The maximum absolute atomic E-state index is 11.5. The standard InChI is InChI=1S/C13H12N2O4/c1-15-6-14-9-4-7(2-3-10(9)15)13(12(18)19)5-8(13)11(16)17/h2-4,6,8H,5H2,1H3,(H,16,17)(H,18,19). The van der Waals surface area contributed by atoms with Gasteiger partial charge in [0.15, 0.2) is 0 Å². The van der Waals surface area contributed by atoms with Gasteiger partial charge in [0.2, 0.25) is 0 Å². The number of carboxylic acid groups (broad SMARTS) is 2. The van der Waals surface area contributed by atoms with Gasteiger partial charge >= 0.3 is 11.9 Å². The average Bonchev–Trinajstić information content (AvgIpc) is 3.04. The normalized spacial score (nSPS) is 25.4. The highest BCUT2D eigenvalue weighted by atomic mass is 16.4. The summed E-state index contributed by atoms with van der Waals surface area (Å²) in [6.45, 7) is 0. The van der Waals surface area contributed by atoms with Crippen LogP contribution in [-0.4, -0.2) is 31.7 Å². The van der Waals surface area contributed by atoms with Crippen LogP contribution in [0.2, 0.25) is 0 Å². The van der Waals surface area contributed by atoms with Crippen molar-refractivity contribution in [2.45, 2.75) is 11.8 Å². The molecule has 0 saturated heterocycles. The van der Waals surface area contributed by atoms with Crippen LogP contribution in [0.5, 0.6) is 0 Å². The largest absolute Gasteiger partial charge is 0.481 e. The van der Waals surface area contributed by atoms with Gasteiger partial charge < -0.3 is 14.8 Å². The van der Waals surface area contributed by atoms with Crippen molar-refractivity contribution < 1.29 is 19.8 Å². The predicted octanol–water partition coefficient (Wildman–Crippen LogP) is 1.00. The van der Waals surface area contributed by atoms with Gasteiger partial charge in [-0.25, -0.2) is 4.98 Å². The number of fused-ring (bicyclic) bond motifs is 1. The first-order chi connectivity index (χ1) is 8.96. The molecular formula is C13H12N2O4. The maximum Gasteiger partial charge on any atom is 0.315 e. The highest BCUT2D eigenvalue weighted by molar-refractivity contribution is 5.95. The minimum absolute atomic E-state index is 0.135. The van der Waals surface area contributed by atoms with Gasteiger partial charge in [-0.2, -0.15) is 0 Å². The molecule has 0 radical (unpaired) electrons. The number of rotatable bonds is 3. The van der Waals surface area contributed by atoms with Crippen LogP contribution in [0.1, 0.15) is 12.0 Å². The van der Waals surface area contributed by atoms with Crippen molar-refractivity contribution in [3.05, 3.63) is 30.1 Å². The molecule has 2 N–H and O–H groups in total. The summed E-state index contributed by atoms with van der Waals surface area (Å²) in [6, 6.07) is 5.13. The molecule has 2 aromatic rings. The van der Waals surface area contributed by atoms with Crippen molar-refractivity contribution in [3.8, 4) is 0 Å². The number of aliphatic carboxylic acids is 2. The van der Waals surface area contributed by atoms with E-state index in [9.17, 15) is 14.7 Å². The van der Waals surface area contributed by atoms with E-state index in [1.165, 1.54) is 0 Å². The highest BCUT2D eigenvalue weighted by Gasteiger charge is 2.65. The van der Waals surface area contributed by atoms with Crippen molar-refractivity contribution in [2.24, 2.45) is 13.0 Å². The summed E-state index contributed by atoms with van der Waals surface area (Å²) in [6.07, 6.45) is 1.78. The Balaban J connectivity index is 2.12. The molecule has 0 amide bonds. The fourth-order valence-electron chi connectivity index (χ4n) is 2.65. The second-order valence-corrected chi connectivity index (χ2v) is 4.93. The van der Waals surface area contributed by atoms with Crippen molar-refractivity contribution in [1.29, 1.82) is 0 Å². The Kier molecular flexibility index (Phi) is 2.20. The summed E-state index contributed by atoms with van der Waals surface area (Å²) in [7, 11) is 1.85. The van der Waals surface area contributed by atoms with Crippen LogP contribution >= 0.6 is 0 Å². The van der Waals surface area contributed by atoms with Gasteiger partial charge in [0.25, 0.3) is 0 Å². The third kappa shape index (κ3) is 1.46. The molecule has 1 aliphatic carbocycles. The van der Waals surface area contributed by atoms with Crippen molar-refractivity contribution in [2.75, 3.05) is 0 Å². The van der Waals surface area contributed by atoms with Gasteiger partial charge in [-0.1, -0.05) is 6.07 Å². The van der Waals surface area contributed by atoms with E-state index in [-0.39, 0.29) is 6.42 Å². The minimum Gasteiger partial charge on any atom is -0.481 e. The molecule has 1 fully saturated rings. The summed E-state index contributed by atoms with van der Waals surface area (Å²) in [5, 5.41) is 18.4. The maximum atomic E-state index is 11.5. The Hall–Kier alpha value is -2.37. The Morgan fingerprint density at radius 1 is 1.42 bits per heavy atom. The number of aromatic nitrogens is 2. The van der Waals surface area contributed by atoms with Crippen LogP contribution in [0.15, 0.2) is 24.5 Å². The number of hydrogen-bond donors (Lipinski definition) is 2. The van der Waals surface area contributed by atoms with Crippen LogP contribution in [0.4, 0.5) is 0 Å². The molecule has 3 rings (SSSR count). The van der Waals surface area contributed by atoms with E-state index in [0.717, 1.165) is 5.52 Å². The average molecular weight is 260 g/mol. The smallest absolute Gasteiger partial charge is 0.315 e. The number of aryl methyl sites for hydroxylation is 1. The SMILES string of the molecule is Cn1cnc2cc(C3(C(=O)O)CC3C(=O)O)ccc21. The molecule has 1 aromatic heterocycles. The number of imidazole rings is 1. The van der Waals surface area contributed by atoms with Gasteiger partial charge in [-0.05, 0) is 24.1 Å². The third-order valence-corrected chi connectivity index (χ3v) is 3.88. The fraction of sp³-hybridized carbons (Fsp3) is 0.308. The van der Waals surface area contributed by atoms with Crippen LogP contribution in [0.3, 0.4) is 0 Å². The topological polar surface area (TPSA) is 92.4 Å². The number of carboxylic acids is 2. The number of nitrogens with zero attached hydrogens (tertiary/aromatic N) is 2. The highest BCUT2D eigenvalue weighted by Crippen LogP contribution is 2.55. The molecule has 98 valence electrons. The lowest BCUT2D eigenvalue weighted by Crippen LogP contribution is -2.25. The third-order valence-electron chi connectivity index (χ3n) is 3.88. The van der Waals surface area contributed by atoms with E-state index in [2.05, 4.69) is 4.98 Å². The lowest BCUT2D eigenvalue weighted by atomic mass is 9.93. The van der Waals surface area contributed by atoms with E-state index >= 15 is 0 Å². The molecule has 0 bridgehead atoms. The quantitative estimate of drug-likeness (QED) is 0.858. The Labute approximate surface area is 108 Å². The number of hydrogen-bond acceptors (Lipinski definition) is 3. The molecule has 1 saturated carbocycles. The van der Waals surface area contributed by atoms with Crippen molar-refractivity contribution >= 4 is 23.0 Å². The molecule has 1 aliphatic rings. The summed E-state index contributed by atoms with van der Waals surface area (Å²) < 4.78 is 1.83. The first-order valence-corrected chi connectivity index (χ1v) is 5.84. The Morgan fingerprint density at radius 2 is 2.16 bits per heavy atom. The summed E-state index contributed by atoms with van der Waals surface area (Å²) >= 11 is 0. The van der Waals surface area contributed by atoms with Crippen LogP contribution in [-0.2, 0) is 22.1 Å².